The van der Waals surface area contributed by atoms with Gasteiger partial charge in [-0.15, -0.1) is 0 Å². The van der Waals surface area contributed by atoms with Crippen LogP contribution in [0.4, 0.5) is 0 Å². The summed E-state index contributed by atoms with van der Waals surface area (Å²) in [4.78, 5) is 18.6. The van der Waals surface area contributed by atoms with E-state index in [1.807, 2.05) is 36.4 Å². The molecule has 0 spiro atoms. The first-order valence-electron chi connectivity index (χ1n) is 9.63. The molecule has 1 N–H and O–H groups in total. The molecule has 6 nitrogen and oxygen atoms in total. The molecule has 0 saturated carbocycles. The number of aromatic nitrogens is 2. The summed E-state index contributed by atoms with van der Waals surface area (Å²) in [5.74, 6) is 1.10. The van der Waals surface area contributed by atoms with Crippen LogP contribution >= 0.6 is 0 Å². The lowest BCUT2D eigenvalue weighted by atomic mass is 9.90. The smallest absolute Gasteiger partial charge is 0.254 e. The van der Waals surface area contributed by atoms with Crippen LogP contribution in [0.3, 0.4) is 0 Å². The van der Waals surface area contributed by atoms with Crippen molar-refractivity contribution in [2.45, 2.75) is 25.3 Å². The third-order valence-corrected chi connectivity index (χ3v) is 5.18. The number of hydrogen-bond acceptors (Lipinski definition) is 5. The van der Waals surface area contributed by atoms with Gasteiger partial charge in [-0.25, -0.2) is 0 Å². The normalized spacial score (nSPS) is 16.7. The largest absolute Gasteiger partial charge is 0.359 e. The van der Waals surface area contributed by atoms with Crippen molar-refractivity contribution >= 4 is 5.91 Å². The van der Waals surface area contributed by atoms with Gasteiger partial charge in [0.15, 0.2) is 5.76 Å². The highest BCUT2D eigenvalue weighted by atomic mass is 16.5. The lowest BCUT2D eigenvalue weighted by Gasteiger charge is -2.24. The van der Waals surface area contributed by atoms with E-state index in [1.54, 1.807) is 24.3 Å². The average Bonchev–Trinajstić information content (AvgIpc) is 3.23. The maximum Gasteiger partial charge on any atom is 0.254 e. The zero-order valence-corrected chi connectivity index (χ0v) is 16.0. The molecule has 1 saturated heterocycles. The third kappa shape index (κ3) is 4.12. The zero-order valence-electron chi connectivity index (χ0n) is 16.0. The number of rotatable bonds is 5. The molecule has 1 amide bonds. The number of carbonyl (C=O) groups excluding carboxylic acids is 1. The van der Waals surface area contributed by atoms with Crippen molar-refractivity contribution < 1.29 is 9.32 Å². The second-order valence-corrected chi connectivity index (χ2v) is 7.24. The molecule has 2 aromatic heterocycles. The van der Waals surface area contributed by atoms with Crippen molar-refractivity contribution in [3.05, 3.63) is 71.7 Å². The second kappa shape index (κ2) is 8.35. The Bertz CT molecular complexity index is 932. The number of carbonyl (C=O) groups is 1. The minimum atomic E-state index is -0.0209. The summed E-state index contributed by atoms with van der Waals surface area (Å²) < 4.78 is 5.42. The number of piperidine rings is 1. The molecule has 0 unspecified atom stereocenters. The van der Waals surface area contributed by atoms with E-state index in [1.165, 1.54) is 12.0 Å². The van der Waals surface area contributed by atoms with Crippen molar-refractivity contribution in [2.75, 3.05) is 20.1 Å². The van der Waals surface area contributed by atoms with E-state index in [0.717, 1.165) is 30.8 Å². The van der Waals surface area contributed by atoms with E-state index in [9.17, 15) is 4.79 Å². The third-order valence-electron chi connectivity index (χ3n) is 5.18. The van der Waals surface area contributed by atoms with E-state index in [2.05, 4.69) is 21.5 Å². The first-order chi connectivity index (χ1) is 13.7. The Morgan fingerprint density at radius 3 is 2.89 bits per heavy atom. The number of nitrogens with one attached hydrogen (secondary N) is 1. The average molecular weight is 376 g/mol. The Hall–Kier alpha value is -2.99. The number of nitrogens with zero attached hydrogens (tertiary/aromatic N) is 3. The molecule has 0 radical (unpaired) electrons. The summed E-state index contributed by atoms with van der Waals surface area (Å²) in [7, 11) is 1.78. The first-order valence-corrected chi connectivity index (χ1v) is 9.63. The van der Waals surface area contributed by atoms with E-state index in [4.69, 9.17) is 4.52 Å². The topological polar surface area (TPSA) is 71.3 Å². The standard InChI is InChI=1S/C22H24N4O2/c1-26(15-20-13-21(25-28-20)16-7-10-23-11-8-16)22(27)18-5-2-4-17(12-18)19-6-3-9-24-14-19/h2,4-5,7-8,10-13,19,24H,3,6,9,14-15H2,1H3/t19-/m0/s1. The highest BCUT2D eigenvalue weighted by Crippen LogP contribution is 2.24. The van der Waals surface area contributed by atoms with Gasteiger partial charge in [0.25, 0.3) is 5.91 Å². The second-order valence-electron chi connectivity index (χ2n) is 7.24. The fourth-order valence-electron chi connectivity index (χ4n) is 3.63. The van der Waals surface area contributed by atoms with Crippen LogP contribution in [0, 0.1) is 0 Å². The summed E-state index contributed by atoms with van der Waals surface area (Å²) in [5.41, 5.74) is 3.61. The number of hydrogen-bond donors (Lipinski definition) is 1. The van der Waals surface area contributed by atoms with Crippen LogP contribution in [-0.4, -0.2) is 41.1 Å². The number of benzene rings is 1. The molecule has 1 fully saturated rings. The SMILES string of the molecule is CN(Cc1cc(-c2ccncc2)no1)C(=O)c1cccc([C@H]2CCCNC2)c1. The molecule has 144 valence electrons. The van der Waals surface area contributed by atoms with Gasteiger partial charge in [-0.2, -0.15) is 0 Å². The van der Waals surface area contributed by atoms with Gasteiger partial charge in [0.05, 0.1) is 6.54 Å². The highest BCUT2D eigenvalue weighted by Gasteiger charge is 2.19. The van der Waals surface area contributed by atoms with Crippen LogP contribution in [-0.2, 0) is 6.54 Å². The lowest BCUT2D eigenvalue weighted by molar-refractivity contribution is 0.0772. The Balaban J connectivity index is 1.44. The predicted molar refractivity (Wildman–Crippen MR) is 107 cm³/mol. The minimum absolute atomic E-state index is 0.0209. The van der Waals surface area contributed by atoms with Crippen LogP contribution in [0.25, 0.3) is 11.3 Å². The van der Waals surface area contributed by atoms with Gasteiger partial charge in [0.2, 0.25) is 0 Å². The van der Waals surface area contributed by atoms with Gasteiger partial charge >= 0.3 is 0 Å². The van der Waals surface area contributed by atoms with Gasteiger partial charge in [0.1, 0.15) is 5.69 Å². The molecule has 3 aromatic rings. The monoisotopic (exact) mass is 376 g/mol. The molecule has 1 aliphatic heterocycles. The molecule has 6 heteroatoms. The lowest BCUT2D eigenvalue weighted by Crippen LogP contribution is -2.29. The fourth-order valence-corrected chi connectivity index (χ4v) is 3.63. The van der Waals surface area contributed by atoms with Crippen LogP contribution in [0.5, 0.6) is 0 Å². The van der Waals surface area contributed by atoms with Gasteiger partial charge in [0, 0.05) is 43.2 Å². The summed E-state index contributed by atoms with van der Waals surface area (Å²) in [6.45, 7) is 2.42. The van der Waals surface area contributed by atoms with Gasteiger partial charge in [-0.05, 0) is 55.1 Å². The van der Waals surface area contributed by atoms with Gasteiger partial charge < -0.3 is 14.7 Å². The summed E-state index contributed by atoms with van der Waals surface area (Å²) >= 11 is 0. The molecule has 1 atom stereocenters. The van der Waals surface area contributed by atoms with Crippen molar-refractivity contribution in [3.8, 4) is 11.3 Å². The Morgan fingerprint density at radius 1 is 1.25 bits per heavy atom. The molecule has 4 rings (SSSR count). The summed E-state index contributed by atoms with van der Waals surface area (Å²) in [6, 6.07) is 13.6. The molecule has 0 bridgehead atoms. The maximum atomic E-state index is 12.9. The van der Waals surface area contributed by atoms with E-state index in [-0.39, 0.29) is 5.91 Å². The van der Waals surface area contributed by atoms with Crippen LogP contribution in [0.2, 0.25) is 0 Å². The van der Waals surface area contributed by atoms with E-state index in [0.29, 0.717) is 23.8 Å². The number of amides is 1. The Morgan fingerprint density at radius 2 is 2.11 bits per heavy atom. The van der Waals surface area contributed by atoms with E-state index >= 15 is 0 Å². The molecule has 1 aliphatic rings. The predicted octanol–water partition coefficient (Wildman–Crippen LogP) is 3.48. The molecule has 3 heterocycles. The Labute approximate surface area is 164 Å². The number of pyridine rings is 1. The molecule has 1 aromatic carbocycles. The van der Waals surface area contributed by atoms with Crippen LogP contribution in [0.15, 0.2) is 59.4 Å². The van der Waals surface area contributed by atoms with Crippen molar-refractivity contribution in [3.63, 3.8) is 0 Å². The molecule has 0 aliphatic carbocycles. The van der Waals surface area contributed by atoms with Gasteiger partial charge in [-0.3, -0.25) is 9.78 Å². The highest BCUT2D eigenvalue weighted by molar-refractivity contribution is 5.94. The van der Waals surface area contributed by atoms with Crippen LogP contribution < -0.4 is 5.32 Å². The first kappa shape index (κ1) is 18.4. The molecular weight excluding hydrogens is 352 g/mol. The molecular formula is C22H24N4O2. The maximum absolute atomic E-state index is 12.9. The Kier molecular flexibility index (Phi) is 5.48. The van der Waals surface area contributed by atoms with Crippen molar-refractivity contribution in [1.82, 2.24) is 20.4 Å². The fraction of sp³-hybridized carbons (Fsp3) is 0.318. The van der Waals surface area contributed by atoms with Crippen molar-refractivity contribution in [2.24, 2.45) is 0 Å². The quantitative estimate of drug-likeness (QED) is 0.738. The van der Waals surface area contributed by atoms with Crippen molar-refractivity contribution in [1.29, 1.82) is 0 Å². The van der Waals surface area contributed by atoms with Gasteiger partial charge in [-0.1, -0.05) is 17.3 Å². The summed E-state index contributed by atoms with van der Waals surface area (Å²) in [6.07, 6.45) is 5.77. The minimum Gasteiger partial charge on any atom is -0.359 e. The van der Waals surface area contributed by atoms with Crippen LogP contribution in [0.1, 0.15) is 40.4 Å². The summed E-state index contributed by atoms with van der Waals surface area (Å²) in [5, 5.41) is 7.53. The molecule has 28 heavy (non-hydrogen) atoms. The zero-order chi connectivity index (χ0) is 19.3. The van der Waals surface area contributed by atoms with E-state index < -0.39 is 0 Å².